The number of allylic oxidation sites excluding steroid dienone is 1. The first-order valence-electron chi connectivity index (χ1n) is 11.6. The number of carbonyl (C=O) groups excluding carboxylic acids is 3. The molecule has 38 heavy (non-hydrogen) atoms. The van der Waals surface area contributed by atoms with E-state index in [0.717, 1.165) is 14.2 Å². The van der Waals surface area contributed by atoms with E-state index in [4.69, 9.17) is 29.4 Å². The minimum atomic E-state index is -1.02. The molecule has 196 valence electrons. The minimum absolute atomic E-state index is 0.01000. The van der Waals surface area contributed by atoms with Crippen LogP contribution in [0.1, 0.15) is 28.8 Å². The van der Waals surface area contributed by atoms with Crippen molar-refractivity contribution in [3.63, 3.8) is 0 Å². The quantitative estimate of drug-likeness (QED) is 0.443. The number of benzene rings is 2. The van der Waals surface area contributed by atoms with Crippen LogP contribution in [-0.4, -0.2) is 51.9 Å². The maximum atomic E-state index is 13.3. The summed E-state index contributed by atoms with van der Waals surface area (Å²) in [6.07, 6.45) is 0. The smallest absolute Gasteiger partial charge is 0.355 e. The van der Waals surface area contributed by atoms with Crippen molar-refractivity contribution in [2.24, 2.45) is 5.73 Å². The molecule has 1 atom stereocenters. The molecular weight excluding hydrogens is 494 g/mol. The number of rotatable bonds is 6. The number of hydrogen-bond donors (Lipinski definition) is 1. The van der Waals surface area contributed by atoms with Crippen LogP contribution in [-0.2, 0) is 23.8 Å². The second kappa shape index (κ2) is 11.0. The van der Waals surface area contributed by atoms with Crippen LogP contribution in [0.3, 0.4) is 0 Å². The average Bonchev–Trinajstić information content (AvgIpc) is 2.95. The molecule has 11 nitrogen and oxygen atoms in total. The summed E-state index contributed by atoms with van der Waals surface area (Å²) in [7, 11) is 2.32. The number of nitrogens with two attached hydrogens (primary N) is 1. The predicted octanol–water partition coefficient (Wildman–Crippen LogP) is 2.53. The van der Waals surface area contributed by atoms with Crippen LogP contribution in [0.2, 0.25) is 0 Å². The van der Waals surface area contributed by atoms with Crippen molar-refractivity contribution in [2.45, 2.75) is 12.8 Å². The fourth-order valence-electron chi connectivity index (χ4n) is 4.43. The van der Waals surface area contributed by atoms with Crippen molar-refractivity contribution in [2.75, 3.05) is 38.9 Å². The summed E-state index contributed by atoms with van der Waals surface area (Å²) in [5.41, 5.74) is 6.90. The van der Waals surface area contributed by atoms with Gasteiger partial charge >= 0.3 is 17.9 Å². The lowest BCUT2D eigenvalue weighted by atomic mass is 9.81. The van der Waals surface area contributed by atoms with Crippen molar-refractivity contribution < 1.29 is 38.1 Å². The van der Waals surface area contributed by atoms with Crippen LogP contribution >= 0.6 is 0 Å². The van der Waals surface area contributed by atoms with Crippen LogP contribution in [0.5, 0.6) is 11.5 Å². The number of hydrogen-bond acceptors (Lipinski definition) is 11. The summed E-state index contributed by atoms with van der Waals surface area (Å²) in [6.45, 7) is 2.09. The summed E-state index contributed by atoms with van der Waals surface area (Å²) in [6, 6.07) is 13.6. The van der Waals surface area contributed by atoms with E-state index in [0.29, 0.717) is 5.56 Å². The van der Waals surface area contributed by atoms with Gasteiger partial charge in [-0.15, -0.1) is 0 Å². The molecule has 0 spiro atoms. The molecule has 0 aliphatic carbocycles. The van der Waals surface area contributed by atoms with E-state index in [2.05, 4.69) is 6.07 Å². The van der Waals surface area contributed by atoms with E-state index in [1.165, 1.54) is 17.0 Å². The highest BCUT2D eigenvalue weighted by Gasteiger charge is 2.44. The zero-order chi connectivity index (χ0) is 27.4. The van der Waals surface area contributed by atoms with Gasteiger partial charge in [0, 0.05) is 0 Å². The first kappa shape index (κ1) is 26.1. The van der Waals surface area contributed by atoms with Crippen molar-refractivity contribution >= 4 is 23.6 Å². The normalized spacial score (nSPS) is 16.5. The third-order valence-electron chi connectivity index (χ3n) is 6.01. The zero-order valence-electron chi connectivity index (χ0n) is 21.0. The van der Waals surface area contributed by atoms with E-state index in [1.54, 1.807) is 37.3 Å². The third-order valence-corrected chi connectivity index (χ3v) is 6.01. The Labute approximate surface area is 218 Å². The molecule has 0 bridgehead atoms. The molecule has 2 aromatic rings. The molecule has 0 aromatic heterocycles. The Kier molecular flexibility index (Phi) is 7.53. The van der Waals surface area contributed by atoms with E-state index in [9.17, 15) is 19.6 Å². The number of carbonyl (C=O) groups is 3. The van der Waals surface area contributed by atoms with Crippen molar-refractivity contribution in [1.82, 2.24) is 0 Å². The second-order valence-corrected chi connectivity index (χ2v) is 8.04. The zero-order valence-corrected chi connectivity index (χ0v) is 21.0. The molecule has 11 heteroatoms. The maximum Gasteiger partial charge on any atom is 0.355 e. The molecule has 0 fully saturated rings. The van der Waals surface area contributed by atoms with Crippen LogP contribution in [0.4, 0.5) is 5.69 Å². The van der Waals surface area contributed by atoms with E-state index >= 15 is 0 Å². The Morgan fingerprint density at radius 2 is 1.66 bits per heavy atom. The molecule has 1 unspecified atom stereocenters. The van der Waals surface area contributed by atoms with Gasteiger partial charge < -0.3 is 29.4 Å². The maximum absolute atomic E-state index is 13.3. The fraction of sp³-hybridized carbons (Fsp3) is 0.259. The number of nitrogens with zero attached hydrogens (tertiary/aromatic N) is 2. The van der Waals surface area contributed by atoms with Crippen LogP contribution in [0.25, 0.3) is 0 Å². The summed E-state index contributed by atoms with van der Waals surface area (Å²) < 4.78 is 26.8. The van der Waals surface area contributed by atoms with Gasteiger partial charge in [-0.05, 0) is 24.6 Å². The van der Waals surface area contributed by atoms with Crippen molar-refractivity contribution in [3.05, 3.63) is 76.3 Å². The highest BCUT2D eigenvalue weighted by Crippen LogP contribution is 2.49. The molecule has 2 aliphatic heterocycles. The van der Waals surface area contributed by atoms with Crippen LogP contribution in [0.15, 0.2) is 65.1 Å². The highest BCUT2D eigenvalue weighted by atomic mass is 16.6. The number of ether oxygens (including phenoxy) is 5. The standard InChI is InChI=1S/C27H25N3O8/c1-4-36-25(31)16-10-11-18(23-22(16)37-12-13-38-23)30-21(27(33)35-3)20(26(32)34-2)19(17(14-28)24(30)29)15-8-6-5-7-9-15/h5-11,19H,4,12-13,29H2,1-3H3. The highest BCUT2D eigenvalue weighted by molar-refractivity contribution is 6.07. The number of methoxy groups -OCH3 is 2. The van der Waals surface area contributed by atoms with E-state index < -0.39 is 23.8 Å². The van der Waals surface area contributed by atoms with Gasteiger partial charge in [-0.2, -0.15) is 5.26 Å². The lowest BCUT2D eigenvalue weighted by molar-refractivity contribution is -0.139. The predicted molar refractivity (Wildman–Crippen MR) is 133 cm³/mol. The van der Waals surface area contributed by atoms with Gasteiger partial charge in [-0.1, -0.05) is 30.3 Å². The number of fused-ring (bicyclic) bond motifs is 1. The third kappa shape index (κ3) is 4.37. The van der Waals surface area contributed by atoms with Crippen molar-refractivity contribution in [1.29, 1.82) is 5.26 Å². The van der Waals surface area contributed by atoms with Gasteiger partial charge in [0.15, 0.2) is 11.5 Å². The largest absolute Gasteiger partial charge is 0.485 e. The molecule has 2 aliphatic rings. The summed E-state index contributed by atoms with van der Waals surface area (Å²) in [5.74, 6) is -3.42. The molecule has 0 amide bonds. The lowest BCUT2D eigenvalue weighted by Crippen LogP contribution is -2.41. The van der Waals surface area contributed by atoms with Gasteiger partial charge in [0.25, 0.3) is 0 Å². The van der Waals surface area contributed by atoms with Crippen LogP contribution in [0, 0.1) is 11.3 Å². The molecule has 2 heterocycles. The molecule has 0 radical (unpaired) electrons. The van der Waals surface area contributed by atoms with Crippen LogP contribution < -0.4 is 20.1 Å². The topological polar surface area (TPSA) is 150 Å². The Bertz CT molecular complexity index is 1390. The monoisotopic (exact) mass is 519 g/mol. The summed E-state index contributed by atoms with van der Waals surface area (Å²) >= 11 is 0. The van der Waals surface area contributed by atoms with Gasteiger partial charge in [-0.25, -0.2) is 14.4 Å². The average molecular weight is 520 g/mol. The van der Waals surface area contributed by atoms with Crippen molar-refractivity contribution in [3.8, 4) is 17.6 Å². The Morgan fingerprint density at radius 1 is 1.00 bits per heavy atom. The molecular formula is C27H25N3O8. The number of esters is 3. The molecule has 4 rings (SSSR count). The minimum Gasteiger partial charge on any atom is -0.485 e. The van der Waals surface area contributed by atoms with Gasteiger partial charge in [0.1, 0.15) is 30.3 Å². The first-order valence-corrected chi connectivity index (χ1v) is 11.6. The molecule has 0 saturated carbocycles. The van der Waals surface area contributed by atoms with E-state index in [-0.39, 0.29) is 65.2 Å². The Balaban J connectivity index is 2.06. The number of nitriles is 1. The summed E-state index contributed by atoms with van der Waals surface area (Å²) in [5, 5.41) is 10.2. The molecule has 2 aromatic carbocycles. The molecule has 0 saturated heterocycles. The fourth-order valence-corrected chi connectivity index (χ4v) is 4.43. The number of anilines is 1. The lowest BCUT2D eigenvalue weighted by Gasteiger charge is -2.37. The van der Waals surface area contributed by atoms with Gasteiger partial charge in [0.05, 0.1) is 49.6 Å². The first-order chi connectivity index (χ1) is 18.4. The Hall–Kier alpha value is -4.98. The molecule has 2 N–H and O–H groups in total. The Morgan fingerprint density at radius 3 is 2.26 bits per heavy atom. The van der Waals surface area contributed by atoms with E-state index in [1.807, 2.05) is 0 Å². The second-order valence-electron chi connectivity index (χ2n) is 8.04. The summed E-state index contributed by atoms with van der Waals surface area (Å²) in [4.78, 5) is 40.3. The van der Waals surface area contributed by atoms with Gasteiger partial charge in [0.2, 0.25) is 0 Å². The van der Waals surface area contributed by atoms with Gasteiger partial charge in [-0.3, -0.25) is 4.90 Å². The SMILES string of the molecule is CCOC(=O)c1ccc(N2C(N)=C(C#N)C(c3ccccc3)C(C(=O)OC)=C2C(=O)OC)c2c1OCCO2.